The maximum absolute atomic E-state index is 3.69. The highest BCUT2D eigenvalue weighted by molar-refractivity contribution is 7.99. The first-order valence-electron chi connectivity index (χ1n) is 6.55. The molecule has 2 atom stereocenters. The lowest BCUT2D eigenvalue weighted by molar-refractivity contribution is 0.476. The first kappa shape index (κ1) is 13.0. The quantitative estimate of drug-likeness (QED) is 0.873. The summed E-state index contributed by atoms with van der Waals surface area (Å²) in [5.41, 5.74) is 4.21. The zero-order valence-corrected chi connectivity index (χ0v) is 11.9. The van der Waals surface area contributed by atoms with Crippen LogP contribution in [-0.2, 0) is 0 Å². The van der Waals surface area contributed by atoms with Crippen molar-refractivity contribution in [2.45, 2.75) is 33.2 Å². The molecule has 2 heteroatoms. The molecule has 2 unspecified atom stereocenters. The highest BCUT2D eigenvalue weighted by Gasteiger charge is 2.16. The van der Waals surface area contributed by atoms with Crippen LogP contribution in [0.2, 0.25) is 0 Å². The predicted molar refractivity (Wildman–Crippen MR) is 77.8 cm³/mol. The van der Waals surface area contributed by atoms with Gasteiger partial charge in [-0.15, -0.1) is 0 Å². The van der Waals surface area contributed by atoms with Crippen molar-refractivity contribution < 1.29 is 0 Å². The SMILES string of the molecule is Cc1ccc(C(C)NCC2CCSC2)c(C)c1. The molecule has 0 aliphatic carbocycles. The van der Waals surface area contributed by atoms with Crippen molar-refractivity contribution in [1.29, 1.82) is 0 Å². The molecule has 1 nitrogen and oxygen atoms in total. The summed E-state index contributed by atoms with van der Waals surface area (Å²) in [5.74, 6) is 3.57. The van der Waals surface area contributed by atoms with Gasteiger partial charge < -0.3 is 5.32 Å². The molecule has 17 heavy (non-hydrogen) atoms. The number of aryl methyl sites for hydroxylation is 2. The highest BCUT2D eigenvalue weighted by atomic mass is 32.2. The van der Waals surface area contributed by atoms with E-state index in [0.717, 1.165) is 5.92 Å². The topological polar surface area (TPSA) is 12.0 Å². The molecule has 1 heterocycles. The molecule has 0 aromatic heterocycles. The van der Waals surface area contributed by atoms with E-state index in [0.29, 0.717) is 6.04 Å². The van der Waals surface area contributed by atoms with Gasteiger partial charge in [0.25, 0.3) is 0 Å². The third-order valence-electron chi connectivity index (χ3n) is 3.63. The van der Waals surface area contributed by atoms with Crippen LogP contribution >= 0.6 is 11.8 Å². The third kappa shape index (κ3) is 3.49. The normalized spacial score (nSPS) is 21.7. The first-order chi connectivity index (χ1) is 8.16. The van der Waals surface area contributed by atoms with E-state index in [1.165, 1.54) is 41.2 Å². The maximum Gasteiger partial charge on any atom is 0.0294 e. The van der Waals surface area contributed by atoms with Crippen LogP contribution in [0.3, 0.4) is 0 Å². The van der Waals surface area contributed by atoms with Crippen LogP contribution in [0.5, 0.6) is 0 Å². The zero-order valence-electron chi connectivity index (χ0n) is 11.1. The molecule has 1 aromatic rings. The van der Waals surface area contributed by atoms with Gasteiger partial charge in [-0.3, -0.25) is 0 Å². The van der Waals surface area contributed by atoms with E-state index in [2.05, 4.69) is 56.0 Å². The predicted octanol–water partition coefficient (Wildman–Crippen LogP) is 3.71. The molecule has 1 aliphatic heterocycles. The summed E-state index contributed by atoms with van der Waals surface area (Å²) >= 11 is 2.09. The average molecular weight is 249 g/mol. The van der Waals surface area contributed by atoms with Crippen molar-refractivity contribution in [3.05, 3.63) is 34.9 Å². The Morgan fingerprint density at radius 1 is 1.41 bits per heavy atom. The molecule has 1 saturated heterocycles. The number of hydrogen-bond donors (Lipinski definition) is 1. The van der Waals surface area contributed by atoms with Crippen molar-refractivity contribution in [2.24, 2.45) is 5.92 Å². The second-order valence-electron chi connectivity index (χ2n) is 5.22. The summed E-state index contributed by atoms with van der Waals surface area (Å²) in [6.45, 7) is 7.82. The van der Waals surface area contributed by atoms with Gasteiger partial charge in [0.05, 0.1) is 0 Å². The largest absolute Gasteiger partial charge is 0.310 e. The van der Waals surface area contributed by atoms with Crippen molar-refractivity contribution >= 4 is 11.8 Å². The van der Waals surface area contributed by atoms with Crippen molar-refractivity contribution in [3.8, 4) is 0 Å². The van der Waals surface area contributed by atoms with Crippen molar-refractivity contribution in [3.63, 3.8) is 0 Å². The Labute approximate surface area is 109 Å². The second kappa shape index (κ2) is 5.92. The molecule has 1 fully saturated rings. The molecule has 1 aromatic carbocycles. The van der Waals surface area contributed by atoms with Crippen LogP contribution in [0.15, 0.2) is 18.2 Å². The Morgan fingerprint density at radius 2 is 2.24 bits per heavy atom. The van der Waals surface area contributed by atoms with Crippen molar-refractivity contribution in [1.82, 2.24) is 5.32 Å². The van der Waals surface area contributed by atoms with Gasteiger partial charge in [-0.25, -0.2) is 0 Å². The molecule has 0 bridgehead atoms. The van der Waals surface area contributed by atoms with E-state index < -0.39 is 0 Å². The molecule has 1 aliphatic rings. The summed E-state index contributed by atoms with van der Waals surface area (Å²) in [5, 5.41) is 3.69. The highest BCUT2D eigenvalue weighted by Crippen LogP contribution is 2.24. The van der Waals surface area contributed by atoms with E-state index in [9.17, 15) is 0 Å². The van der Waals surface area contributed by atoms with Gasteiger partial charge >= 0.3 is 0 Å². The monoisotopic (exact) mass is 249 g/mol. The third-order valence-corrected chi connectivity index (χ3v) is 4.86. The maximum atomic E-state index is 3.69. The number of nitrogens with one attached hydrogen (secondary N) is 1. The molecular weight excluding hydrogens is 226 g/mol. The Bertz CT molecular complexity index is 369. The van der Waals surface area contributed by atoms with E-state index in [4.69, 9.17) is 0 Å². The Hall–Kier alpha value is -0.470. The number of rotatable bonds is 4. The summed E-state index contributed by atoms with van der Waals surface area (Å²) in [6, 6.07) is 7.23. The van der Waals surface area contributed by atoms with Gasteiger partial charge in [0.2, 0.25) is 0 Å². The van der Waals surface area contributed by atoms with Gasteiger partial charge in [-0.05, 0) is 62.3 Å². The fraction of sp³-hybridized carbons (Fsp3) is 0.600. The van der Waals surface area contributed by atoms with Crippen LogP contribution in [0, 0.1) is 19.8 Å². The van der Waals surface area contributed by atoms with Crippen LogP contribution in [0.1, 0.15) is 36.1 Å². The number of benzene rings is 1. The number of thioether (sulfide) groups is 1. The Balaban J connectivity index is 1.91. The lowest BCUT2D eigenvalue weighted by Crippen LogP contribution is -2.26. The minimum Gasteiger partial charge on any atom is -0.310 e. The van der Waals surface area contributed by atoms with Gasteiger partial charge in [0.1, 0.15) is 0 Å². The fourth-order valence-electron chi connectivity index (χ4n) is 2.51. The van der Waals surface area contributed by atoms with Gasteiger partial charge in [0, 0.05) is 6.04 Å². The van der Waals surface area contributed by atoms with Gasteiger partial charge in [0.15, 0.2) is 0 Å². The molecule has 0 saturated carbocycles. The summed E-state index contributed by atoms with van der Waals surface area (Å²) in [6.07, 6.45) is 1.39. The fourth-order valence-corrected chi connectivity index (χ4v) is 3.79. The van der Waals surface area contributed by atoms with Crippen LogP contribution in [0.4, 0.5) is 0 Å². The van der Waals surface area contributed by atoms with Crippen LogP contribution in [0.25, 0.3) is 0 Å². The van der Waals surface area contributed by atoms with Gasteiger partial charge in [-0.2, -0.15) is 11.8 Å². The van der Waals surface area contributed by atoms with E-state index >= 15 is 0 Å². The first-order valence-corrected chi connectivity index (χ1v) is 7.70. The molecule has 0 amide bonds. The minimum atomic E-state index is 0.473. The van der Waals surface area contributed by atoms with Gasteiger partial charge in [-0.1, -0.05) is 23.8 Å². The smallest absolute Gasteiger partial charge is 0.0294 e. The molecule has 2 rings (SSSR count). The average Bonchev–Trinajstić information content (AvgIpc) is 2.78. The zero-order chi connectivity index (χ0) is 12.3. The standard InChI is InChI=1S/C15H23NS/c1-11-4-5-15(12(2)8-11)13(3)16-9-14-6-7-17-10-14/h4-5,8,13-14,16H,6-7,9-10H2,1-3H3. The molecule has 94 valence electrons. The molecular formula is C15H23NS. The van der Waals surface area contributed by atoms with Crippen molar-refractivity contribution in [2.75, 3.05) is 18.1 Å². The van der Waals surface area contributed by atoms with E-state index in [1.807, 2.05) is 0 Å². The second-order valence-corrected chi connectivity index (χ2v) is 6.37. The van der Waals surface area contributed by atoms with E-state index in [1.54, 1.807) is 0 Å². The van der Waals surface area contributed by atoms with E-state index in [-0.39, 0.29) is 0 Å². The minimum absolute atomic E-state index is 0.473. The molecule has 0 radical (unpaired) electrons. The molecule has 1 N–H and O–H groups in total. The lowest BCUT2D eigenvalue weighted by Gasteiger charge is -2.19. The van der Waals surface area contributed by atoms with Crippen LogP contribution < -0.4 is 5.32 Å². The summed E-state index contributed by atoms with van der Waals surface area (Å²) in [4.78, 5) is 0. The summed E-state index contributed by atoms with van der Waals surface area (Å²) in [7, 11) is 0. The summed E-state index contributed by atoms with van der Waals surface area (Å²) < 4.78 is 0. The molecule has 0 spiro atoms. The van der Waals surface area contributed by atoms with Crippen LogP contribution in [-0.4, -0.2) is 18.1 Å². The number of hydrogen-bond acceptors (Lipinski definition) is 2. The lowest BCUT2D eigenvalue weighted by atomic mass is 9.99. The Morgan fingerprint density at radius 3 is 2.88 bits per heavy atom. The Kier molecular flexibility index (Phi) is 4.52.